The van der Waals surface area contributed by atoms with Crippen LogP contribution < -0.4 is 46.9 Å². The molecule has 0 fully saturated rings. The molecule has 19 aromatic rings. The van der Waals surface area contributed by atoms with Crippen LogP contribution in [-0.4, -0.2) is 111 Å². The molecule has 32 nitrogen and oxygen atoms in total. The van der Waals surface area contributed by atoms with Gasteiger partial charge in [0.05, 0.1) is 50.3 Å². The Balaban J connectivity index is 0.000000135. The monoisotopic (exact) mass is 1920 g/mol. The number of fused-ring (bicyclic) bond motifs is 4. The third-order valence-electron chi connectivity index (χ3n) is 22.9. The first kappa shape index (κ1) is 95.2. The molecular formula is C102H81F4N19O13S2. The summed E-state index contributed by atoms with van der Waals surface area (Å²) in [4.78, 5) is 136. The van der Waals surface area contributed by atoms with Crippen molar-refractivity contribution in [1.82, 2.24) is 81.6 Å². The van der Waals surface area contributed by atoms with Gasteiger partial charge in [-0.3, -0.25) is 66.9 Å². The van der Waals surface area contributed by atoms with Gasteiger partial charge in [-0.05, 0) is 177 Å². The van der Waals surface area contributed by atoms with E-state index in [1.165, 1.54) is 130 Å². The highest BCUT2D eigenvalue weighted by atomic mass is 32.1. The van der Waals surface area contributed by atoms with Gasteiger partial charge in [0.25, 0.3) is 22.2 Å². The number of benzene rings is 7. The minimum Gasteiger partial charge on any atom is -0.451 e. The molecule has 38 heteroatoms. The van der Waals surface area contributed by atoms with Crippen molar-refractivity contribution < 1.29 is 60.5 Å². The fourth-order valence-electron chi connectivity index (χ4n) is 15.7. The van der Waals surface area contributed by atoms with E-state index in [-0.39, 0.29) is 111 Å². The average Bonchev–Trinajstić information content (AvgIpc) is 1.63. The maximum Gasteiger partial charge on any atom is 0.282 e. The average molecular weight is 1920 g/mol. The number of para-hydroxylation sites is 3. The van der Waals surface area contributed by atoms with Gasteiger partial charge < -0.3 is 24.7 Å². The fourth-order valence-corrected chi connectivity index (χ4v) is 17.3. The molecule has 0 bridgehead atoms. The Morgan fingerprint density at radius 1 is 0.464 bits per heavy atom. The summed E-state index contributed by atoms with van der Waals surface area (Å²) in [5.41, 5.74) is 12.6. The smallest absolute Gasteiger partial charge is 0.282 e. The second-order valence-electron chi connectivity index (χ2n) is 31.7. The summed E-state index contributed by atoms with van der Waals surface area (Å²) in [6.07, 6.45) is 11.3. The lowest BCUT2D eigenvalue weighted by molar-refractivity contribution is 0.0982. The zero-order valence-electron chi connectivity index (χ0n) is 76.0. The summed E-state index contributed by atoms with van der Waals surface area (Å²) in [6.45, 7) is 12.5. The first-order chi connectivity index (χ1) is 67.4. The van der Waals surface area contributed by atoms with Crippen LogP contribution in [-0.2, 0) is 53.9 Å². The standard InChI is InChI=1S/C27H19FN4O3S.C25H23FN6O4.C25H20FN5O3.C25H19FN4O3S/c1-16-24(27(34)32(31(16)2)19-6-4-3-5-7-19)22(33)13-17-8-9-23(20(28)12-17)35-25-18(14-29)15-30-21-10-11-36-26(21)25;1-5-6-14(2)32-25(35)22(15(3)30(32)4)20(33)10-16-7-8-21(18(26)9-16)36-24-19-11-17(23(27)34)12-31(19)29-13-28-24;1-16-24(25(33)31(29(16)2)18-6-4-3-5-7-18)20(32)15-17-8-9-21(19(26)14-17)34-23-11-12-27-22-10-13-28-30(22)23;1-15-22(25(32)30(29(15)2)17-6-4-3-5-7-17)20(31)13-16-8-9-21(18(26)12-16)33-24-23-19(10-11-34-23)27-14-28-24/h3-12,15H,13H2,1-2H3;5-9,11-13H,2,10H2,1,3-4H3,(H2,27,34);3-14H,15H2,1-2H3;3-12,14H,13H2,1-2H3/b;6-5-;;. The molecule has 702 valence electrons. The molecule has 0 saturated carbocycles. The van der Waals surface area contributed by atoms with Crippen molar-refractivity contribution in [3.63, 3.8) is 0 Å². The van der Waals surface area contributed by atoms with Crippen molar-refractivity contribution in [2.75, 3.05) is 0 Å². The van der Waals surface area contributed by atoms with E-state index < -0.39 is 63.0 Å². The lowest BCUT2D eigenvalue weighted by atomic mass is 10.0. The number of halogens is 4. The number of ether oxygens (including phenoxy) is 4. The van der Waals surface area contributed by atoms with Crippen molar-refractivity contribution in [3.05, 3.63) is 404 Å². The molecule has 7 aromatic carbocycles. The Kier molecular flexibility index (Phi) is 27.6. The van der Waals surface area contributed by atoms with Crippen LogP contribution in [0, 0.1) is 62.3 Å². The van der Waals surface area contributed by atoms with Crippen molar-refractivity contribution in [2.45, 2.75) is 60.3 Å². The molecule has 0 aliphatic carbocycles. The minimum absolute atomic E-state index is 0.00748. The number of carbonyl (C=O) groups excluding carboxylic acids is 5. The molecule has 0 atom stereocenters. The van der Waals surface area contributed by atoms with Gasteiger partial charge in [-0.25, -0.2) is 55.8 Å². The van der Waals surface area contributed by atoms with E-state index in [2.05, 4.69) is 41.7 Å². The number of nitriles is 1. The number of nitrogens with two attached hydrogens (primary N) is 1. The van der Waals surface area contributed by atoms with Crippen LogP contribution in [0.4, 0.5) is 17.6 Å². The molecule has 0 saturated heterocycles. The van der Waals surface area contributed by atoms with Crippen molar-refractivity contribution >= 4 is 89.0 Å². The molecule has 0 aliphatic rings. The van der Waals surface area contributed by atoms with Crippen LogP contribution in [0.1, 0.15) is 109 Å². The molecular weight excluding hydrogens is 1840 g/mol. The number of carbonyl (C=O) groups is 5. The molecule has 0 unspecified atom stereocenters. The van der Waals surface area contributed by atoms with Crippen molar-refractivity contribution in [1.29, 1.82) is 5.26 Å². The number of hydrogen-bond donors (Lipinski definition) is 1. The maximum atomic E-state index is 15.0. The molecule has 2 N–H and O–H groups in total. The van der Waals surface area contributed by atoms with Gasteiger partial charge in [0.1, 0.15) is 56.8 Å². The molecule has 1 amide bonds. The van der Waals surface area contributed by atoms with E-state index in [0.717, 1.165) is 16.3 Å². The molecule has 0 aliphatic heterocycles. The fraction of sp³-hybridized carbons (Fsp3) is 0.127. The van der Waals surface area contributed by atoms with Gasteiger partial charge >= 0.3 is 0 Å². The molecule has 12 heterocycles. The summed E-state index contributed by atoms with van der Waals surface area (Å²) in [7, 11) is 6.83. The molecule has 12 aromatic heterocycles. The van der Waals surface area contributed by atoms with Crippen LogP contribution in [0.15, 0.2) is 280 Å². The second-order valence-corrected chi connectivity index (χ2v) is 33.5. The van der Waals surface area contributed by atoms with Crippen LogP contribution in [0.2, 0.25) is 0 Å². The highest BCUT2D eigenvalue weighted by molar-refractivity contribution is 7.17. The third kappa shape index (κ3) is 19.4. The number of aromatic nitrogens is 17. The lowest BCUT2D eigenvalue weighted by Crippen LogP contribution is -2.23. The van der Waals surface area contributed by atoms with E-state index in [1.54, 1.807) is 179 Å². The van der Waals surface area contributed by atoms with Crippen molar-refractivity contribution in [2.24, 2.45) is 33.9 Å². The number of nitrogens with zero attached hydrogens (tertiary/aromatic N) is 18. The third-order valence-corrected chi connectivity index (χ3v) is 24.7. The van der Waals surface area contributed by atoms with Crippen molar-refractivity contribution in [3.8, 4) is 69.5 Å². The van der Waals surface area contributed by atoms with Gasteiger partial charge in [0.15, 0.2) is 80.8 Å². The zero-order valence-corrected chi connectivity index (χ0v) is 77.7. The summed E-state index contributed by atoms with van der Waals surface area (Å²) in [5, 5.41) is 21.2. The maximum absolute atomic E-state index is 15.0. The number of ketones is 4. The SMILES string of the molecule is C=C(/C=C\C)n1c(=O)c(C(=O)Cc2ccc(Oc3ncnn4cc(C(N)=O)cc34)c(F)c2)c(C)n1C.Cc1c(C(=O)Cc2ccc(Oc3c(C#N)cnc4ccsc34)c(F)c2)c(=O)n(-c2ccccc2)n1C.Cc1c(C(=O)Cc2ccc(Oc3ccnc4ccnn34)c(F)c2)c(=O)n(-c2ccccc2)n1C.Cc1c(C(=O)Cc2ccc(Oc3ncnc4ccsc34)c(F)c2)c(=O)n(-c2ccccc2)n1C. The van der Waals surface area contributed by atoms with E-state index >= 15 is 0 Å². The highest BCUT2D eigenvalue weighted by Crippen LogP contribution is 2.39. The number of allylic oxidation sites excluding steroid dienone is 3. The largest absolute Gasteiger partial charge is 0.451 e. The number of hydrogen-bond acceptors (Lipinski definition) is 23. The number of Topliss-reactive ketones (excluding diaryl/α,β-unsaturated/α-hetero) is 4. The van der Waals surface area contributed by atoms with Gasteiger partial charge in [-0.1, -0.05) is 91.5 Å². The van der Waals surface area contributed by atoms with Gasteiger partial charge in [0.2, 0.25) is 23.5 Å². The Morgan fingerprint density at radius 2 is 0.886 bits per heavy atom. The Morgan fingerprint density at radius 3 is 1.34 bits per heavy atom. The van der Waals surface area contributed by atoms with E-state index in [1.807, 2.05) is 77.5 Å². The second kappa shape index (κ2) is 40.7. The predicted molar refractivity (Wildman–Crippen MR) is 516 cm³/mol. The van der Waals surface area contributed by atoms with Gasteiger partial charge in [0, 0.05) is 107 Å². The summed E-state index contributed by atoms with van der Waals surface area (Å²) < 4.78 is 98.5. The zero-order chi connectivity index (χ0) is 99.2. The van der Waals surface area contributed by atoms with Crippen LogP contribution in [0.5, 0.6) is 46.4 Å². The number of thiophene rings is 2. The quantitative estimate of drug-likeness (QED) is 0.0299. The van der Waals surface area contributed by atoms with Crippen LogP contribution in [0.3, 0.4) is 0 Å². The number of primary amides is 1. The molecule has 0 spiro atoms. The summed E-state index contributed by atoms with van der Waals surface area (Å²) >= 11 is 2.74. The summed E-state index contributed by atoms with van der Waals surface area (Å²) in [6, 6.07) is 54.4. The number of amides is 1. The molecule has 140 heavy (non-hydrogen) atoms. The first-order valence-electron chi connectivity index (χ1n) is 42.9. The van der Waals surface area contributed by atoms with Crippen LogP contribution >= 0.6 is 22.7 Å². The number of pyridine rings is 1. The number of rotatable bonds is 26. The Bertz CT molecular complexity index is 8240. The van der Waals surface area contributed by atoms with E-state index in [9.17, 15) is 66.0 Å². The highest BCUT2D eigenvalue weighted by Gasteiger charge is 2.30. The van der Waals surface area contributed by atoms with E-state index in [4.69, 9.17) is 24.7 Å². The lowest BCUT2D eigenvalue weighted by Gasteiger charge is -2.10. The normalized spacial score (nSPS) is 11.1. The van der Waals surface area contributed by atoms with Gasteiger partial charge in [-0.15, -0.1) is 22.7 Å². The Hall–Kier alpha value is -18.0. The predicted octanol–water partition coefficient (Wildman–Crippen LogP) is 17.1. The molecule has 19 rings (SSSR count). The minimum atomic E-state index is -0.734. The van der Waals surface area contributed by atoms with Gasteiger partial charge in [-0.2, -0.15) is 25.0 Å². The molecule has 0 radical (unpaired) electrons. The van der Waals surface area contributed by atoms with E-state index in [0.29, 0.717) is 95.0 Å². The summed E-state index contributed by atoms with van der Waals surface area (Å²) in [5.74, 6) is -4.35. The topological polar surface area (TPSA) is 379 Å². The first-order valence-corrected chi connectivity index (χ1v) is 44.6. The Labute approximate surface area is 799 Å². The van der Waals surface area contributed by atoms with Crippen LogP contribution in [0.25, 0.3) is 54.4 Å².